The number of methoxy groups -OCH3 is 1. The Hall–Kier alpha value is -0.810. The zero-order valence-corrected chi connectivity index (χ0v) is 13.8. The predicted molar refractivity (Wildman–Crippen MR) is 85.8 cm³/mol. The van der Waals surface area contributed by atoms with E-state index in [-0.39, 0.29) is 11.6 Å². The van der Waals surface area contributed by atoms with E-state index < -0.39 is 0 Å². The van der Waals surface area contributed by atoms with Gasteiger partial charge < -0.3 is 9.47 Å². The van der Waals surface area contributed by atoms with Crippen LogP contribution in [0.2, 0.25) is 5.02 Å². The van der Waals surface area contributed by atoms with Crippen molar-refractivity contribution in [1.29, 1.82) is 0 Å². The van der Waals surface area contributed by atoms with E-state index >= 15 is 0 Å². The molecule has 0 bridgehead atoms. The maximum atomic E-state index is 6.23. The summed E-state index contributed by atoms with van der Waals surface area (Å²) >= 11 is 6.23. The summed E-state index contributed by atoms with van der Waals surface area (Å²) in [6.45, 7) is 4.97. The van der Waals surface area contributed by atoms with Crippen LogP contribution in [0.25, 0.3) is 0 Å². The zero-order valence-electron chi connectivity index (χ0n) is 13.0. The van der Waals surface area contributed by atoms with E-state index in [1.54, 1.807) is 7.11 Å². The lowest BCUT2D eigenvalue weighted by Crippen LogP contribution is -2.55. The molecule has 1 aliphatic heterocycles. The Bertz CT molecular complexity index is 481. The number of nitrogens with one attached hydrogen (secondary N) is 1. The first-order chi connectivity index (χ1) is 10.1. The molecule has 0 saturated heterocycles. The van der Waals surface area contributed by atoms with Crippen molar-refractivity contribution in [1.82, 2.24) is 5.43 Å². The fraction of sp³-hybridized carbons (Fsp3) is 0.625. The van der Waals surface area contributed by atoms with Crippen LogP contribution in [0.5, 0.6) is 5.75 Å². The van der Waals surface area contributed by atoms with Gasteiger partial charge in [-0.3, -0.25) is 11.3 Å². The highest BCUT2D eigenvalue weighted by Gasteiger charge is 2.36. The molecular weight excluding hydrogens is 288 g/mol. The number of hydrazine groups is 1. The second-order valence-electron chi connectivity index (χ2n) is 5.55. The van der Waals surface area contributed by atoms with Crippen LogP contribution in [-0.4, -0.2) is 25.4 Å². The molecule has 0 fully saturated rings. The smallest absolute Gasteiger partial charge is 0.125 e. The maximum absolute atomic E-state index is 6.23. The lowest BCUT2D eigenvalue weighted by molar-refractivity contribution is -0.0473. The first-order valence-corrected chi connectivity index (χ1v) is 7.93. The van der Waals surface area contributed by atoms with Crippen LogP contribution in [0.1, 0.15) is 37.8 Å². The first kappa shape index (κ1) is 16.6. The standard InChI is InChI=1S/C16H25ClN2O2/c1-4-16(5-2,20-3)14(19-18)10-12-9-13(17)8-11-6-7-21-15(11)12/h8-9,14,19H,4-7,10,18H2,1-3H3. The first-order valence-electron chi connectivity index (χ1n) is 7.55. The van der Waals surface area contributed by atoms with E-state index in [0.717, 1.165) is 48.6 Å². The third-order valence-corrected chi connectivity index (χ3v) is 4.91. The molecule has 118 valence electrons. The van der Waals surface area contributed by atoms with Crippen LogP contribution in [0.4, 0.5) is 0 Å². The molecule has 1 aromatic carbocycles. The third-order valence-electron chi connectivity index (χ3n) is 4.69. The molecule has 3 N–H and O–H groups in total. The fourth-order valence-corrected chi connectivity index (χ4v) is 3.55. The van der Waals surface area contributed by atoms with Crippen LogP contribution in [0.3, 0.4) is 0 Å². The SMILES string of the molecule is CCC(CC)(OC)C(Cc1cc(Cl)cc2c1OCC2)NN. The molecule has 1 atom stereocenters. The quantitative estimate of drug-likeness (QED) is 0.600. The molecule has 1 aromatic rings. The second-order valence-corrected chi connectivity index (χ2v) is 5.99. The molecule has 0 radical (unpaired) electrons. The fourth-order valence-electron chi connectivity index (χ4n) is 3.29. The molecule has 0 aliphatic carbocycles. The van der Waals surface area contributed by atoms with Gasteiger partial charge in [0, 0.05) is 18.6 Å². The second kappa shape index (κ2) is 6.97. The lowest BCUT2D eigenvalue weighted by atomic mass is 9.84. The number of hydrogen-bond acceptors (Lipinski definition) is 4. The molecule has 5 heteroatoms. The summed E-state index contributed by atoms with van der Waals surface area (Å²) in [7, 11) is 1.75. The van der Waals surface area contributed by atoms with E-state index in [1.165, 1.54) is 5.56 Å². The van der Waals surface area contributed by atoms with Gasteiger partial charge in [0.1, 0.15) is 5.75 Å². The van der Waals surface area contributed by atoms with Crippen molar-refractivity contribution in [2.24, 2.45) is 5.84 Å². The number of benzene rings is 1. The summed E-state index contributed by atoms with van der Waals surface area (Å²) < 4.78 is 11.6. The summed E-state index contributed by atoms with van der Waals surface area (Å²) in [5, 5.41) is 0.751. The van der Waals surface area contributed by atoms with Crippen LogP contribution >= 0.6 is 11.6 Å². The topological polar surface area (TPSA) is 56.5 Å². The molecule has 0 spiro atoms. The molecule has 2 rings (SSSR count). The van der Waals surface area contributed by atoms with Gasteiger partial charge in [0.15, 0.2) is 0 Å². The van der Waals surface area contributed by atoms with Gasteiger partial charge in [-0.15, -0.1) is 0 Å². The van der Waals surface area contributed by atoms with Crippen LogP contribution < -0.4 is 16.0 Å². The summed E-state index contributed by atoms with van der Waals surface area (Å²) in [5.74, 6) is 6.78. The van der Waals surface area contributed by atoms with Crippen molar-refractivity contribution >= 4 is 11.6 Å². The van der Waals surface area contributed by atoms with Gasteiger partial charge in [-0.05, 0) is 42.5 Å². The van der Waals surface area contributed by atoms with Gasteiger partial charge in [0.25, 0.3) is 0 Å². The number of ether oxygens (including phenoxy) is 2. The van der Waals surface area contributed by atoms with Crippen molar-refractivity contribution in [3.8, 4) is 5.75 Å². The minimum Gasteiger partial charge on any atom is -0.493 e. The minimum atomic E-state index is -0.289. The largest absolute Gasteiger partial charge is 0.493 e. The zero-order chi connectivity index (χ0) is 15.5. The molecule has 0 saturated carbocycles. The third kappa shape index (κ3) is 3.19. The Morgan fingerprint density at radius 3 is 2.71 bits per heavy atom. The molecule has 1 aliphatic rings. The van der Waals surface area contributed by atoms with Gasteiger partial charge in [-0.1, -0.05) is 25.4 Å². The predicted octanol–water partition coefficient (Wildman–Crippen LogP) is 2.85. The Labute approximate surface area is 131 Å². The molecular formula is C16H25ClN2O2. The Morgan fingerprint density at radius 1 is 1.43 bits per heavy atom. The van der Waals surface area contributed by atoms with E-state index in [0.29, 0.717) is 0 Å². The monoisotopic (exact) mass is 312 g/mol. The van der Waals surface area contributed by atoms with Crippen LogP contribution in [-0.2, 0) is 17.6 Å². The number of rotatable bonds is 7. The molecule has 1 unspecified atom stereocenters. The van der Waals surface area contributed by atoms with E-state index in [2.05, 4.69) is 19.3 Å². The Balaban J connectivity index is 2.31. The van der Waals surface area contributed by atoms with Crippen molar-refractivity contribution in [3.63, 3.8) is 0 Å². The normalized spacial score (nSPS) is 15.7. The van der Waals surface area contributed by atoms with E-state index in [4.69, 9.17) is 26.9 Å². The van der Waals surface area contributed by atoms with Gasteiger partial charge in [0.05, 0.1) is 18.2 Å². The lowest BCUT2D eigenvalue weighted by Gasteiger charge is -2.38. The Kier molecular flexibility index (Phi) is 5.49. The average Bonchev–Trinajstić information content (AvgIpc) is 2.96. The van der Waals surface area contributed by atoms with Gasteiger partial charge in [-0.25, -0.2) is 0 Å². The number of halogens is 1. The highest BCUT2D eigenvalue weighted by atomic mass is 35.5. The van der Waals surface area contributed by atoms with Crippen LogP contribution in [0, 0.1) is 0 Å². The van der Waals surface area contributed by atoms with E-state index in [9.17, 15) is 0 Å². The molecule has 0 amide bonds. The van der Waals surface area contributed by atoms with Crippen molar-refractivity contribution in [2.45, 2.75) is 51.2 Å². The Morgan fingerprint density at radius 2 is 2.14 bits per heavy atom. The van der Waals surface area contributed by atoms with Gasteiger partial charge >= 0.3 is 0 Å². The number of fused-ring (bicyclic) bond motifs is 1. The molecule has 0 aromatic heterocycles. The van der Waals surface area contributed by atoms with Crippen molar-refractivity contribution in [3.05, 3.63) is 28.3 Å². The number of nitrogens with two attached hydrogens (primary N) is 1. The van der Waals surface area contributed by atoms with Crippen molar-refractivity contribution < 1.29 is 9.47 Å². The van der Waals surface area contributed by atoms with Crippen LogP contribution in [0.15, 0.2) is 12.1 Å². The molecule has 4 nitrogen and oxygen atoms in total. The maximum Gasteiger partial charge on any atom is 0.125 e. The summed E-state index contributed by atoms with van der Waals surface area (Å²) in [4.78, 5) is 0. The average molecular weight is 313 g/mol. The van der Waals surface area contributed by atoms with Gasteiger partial charge in [0.2, 0.25) is 0 Å². The highest BCUT2D eigenvalue weighted by Crippen LogP contribution is 2.35. The minimum absolute atomic E-state index is 0.00395. The summed E-state index contributed by atoms with van der Waals surface area (Å²) in [6.07, 6.45) is 3.42. The molecule has 1 heterocycles. The van der Waals surface area contributed by atoms with E-state index in [1.807, 2.05) is 12.1 Å². The summed E-state index contributed by atoms with van der Waals surface area (Å²) in [6, 6.07) is 3.97. The van der Waals surface area contributed by atoms with Crippen molar-refractivity contribution in [2.75, 3.05) is 13.7 Å². The summed E-state index contributed by atoms with van der Waals surface area (Å²) in [5.41, 5.74) is 4.93. The molecule has 21 heavy (non-hydrogen) atoms. The highest BCUT2D eigenvalue weighted by molar-refractivity contribution is 6.30. The number of hydrogen-bond donors (Lipinski definition) is 2. The van der Waals surface area contributed by atoms with Gasteiger partial charge in [-0.2, -0.15) is 0 Å².